The van der Waals surface area contributed by atoms with Crippen molar-refractivity contribution in [1.29, 1.82) is 0 Å². The minimum Gasteiger partial charge on any atom is -0.330 e. The first-order valence-corrected chi connectivity index (χ1v) is 6.29. The van der Waals surface area contributed by atoms with E-state index in [0.717, 1.165) is 24.3 Å². The lowest BCUT2D eigenvalue weighted by Gasteiger charge is -2.23. The Balaban J connectivity index is 3.39. The normalized spacial score (nSPS) is 15.9. The summed E-state index contributed by atoms with van der Waals surface area (Å²) in [6.45, 7) is 10.3. The third-order valence-corrected chi connectivity index (χ3v) is 3.56. The van der Waals surface area contributed by atoms with E-state index in [1.807, 2.05) is 0 Å². The smallest absolute Gasteiger partial charge is 0.00773 e. The molecule has 1 heteroatoms. The van der Waals surface area contributed by atoms with Gasteiger partial charge in [0.2, 0.25) is 0 Å². The molecule has 0 aromatic rings. The Morgan fingerprint density at radius 3 is 1.93 bits per heavy atom. The molecule has 0 aromatic heterocycles. The topological polar surface area (TPSA) is 26.0 Å². The van der Waals surface area contributed by atoms with Crippen LogP contribution in [0.25, 0.3) is 0 Å². The Labute approximate surface area is 90.5 Å². The number of nitrogens with two attached hydrogens (primary N) is 1. The second-order valence-electron chi connectivity index (χ2n) is 5.07. The Morgan fingerprint density at radius 1 is 0.857 bits per heavy atom. The predicted octanol–water partition coefficient (Wildman–Crippen LogP) is 3.82. The van der Waals surface area contributed by atoms with Gasteiger partial charge < -0.3 is 5.73 Å². The monoisotopic (exact) mass is 199 g/mol. The van der Waals surface area contributed by atoms with Gasteiger partial charge in [-0.05, 0) is 30.7 Å². The molecule has 14 heavy (non-hydrogen) atoms. The zero-order valence-corrected chi connectivity index (χ0v) is 10.6. The molecule has 2 atom stereocenters. The van der Waals surface area contributed by atoms with Crippen LogP contribution in [0, 0.1) is 17.8 Å². The summed E-state index contributed by atoms with van der Waals surface area (Å²) in [5, 5.41) is 0. The Hall–Kier alpha value is -0.0400. The van der Waals surface area contributed by atoms with Gasteiger partial charge in [-0.25, -0.2) is 0 Å². The molecule has 0 fully saturated rings. The van der Waals surface area contributed by atoms with Gasteiger partial charge in [0.25, 0.3) is 0 Å². The van der Waals surface area contributed by atoms with Crippen molar-refractivity contribution in [2.75, 3.05) is 6.54 Å². The SMILES string of the molecule is CC(C)C(C)C(C)CCCCCCN. The molecular weight excluding hydrogens is 170 g/mol. The highest BCUT2D eigenvalue weighted by atomic mass is 14.5. The largest absolute Gasteiger partial charge is 0.330 e. The molecule has 0 aliphatic carbocycles. The average Bonchev–Trinajstić information content (AvgIpc) is 2.16. The van der Waals surface area contributed by atoms with Crippen LogP contribution in [0.4, 0.5) is 0 Å². The maximum Gasteiger partial charge on any atom is -0.00773 e. The van der Waals surface area contributed by atoms with Crippen LogP contribution in [-0.2, 0) is 0 Å². The molecule has 0 saturated heterocycles. The predicted molar refractivity (Wildman–Crippen MR) is 65.3 cm³/mol. The van der Waals surface area contributed by atoms with Gasteiger partial charge in [0.05, 0.1) is 0 Å². The molecule has 0 aliphatic rings. The second kappa shape index (κ2) is 8.28. The summed E-state index contributed by atoms with van der Waals surface area (Å²) < 4.78 is 0. The van der Waals surface area contributed by atoms with E-state index < -0.39 is 0 Å². The highest BCUT2D eigenvalue weighted by Gasteiger charge is 2.14. The molecule has 0 bridgehead atoms. The van der Waals surface area contributed by atoms with E-state index >= 15 is 0 Å². The Bertz CT molecular complexity index is 120. The van der Waals surface area contributed by atoms with Crippen LogP contribution >= 0.6 is 0 Å². The zero-order valence-electron chi connectivity index (χ0n) is 10.6. The van der Waals surface area contributed by atoms with Crippen molar-refractivity contribution in [3.63, 3.8) is 0 Å². The van der Waals surface area contributed by atoms with Crippen molar-refractivity contribution >= 4 is 0 Å². The Kier molecular flexibility index (Phi) is 8.26. The van der Waals surface area contributed by atoms with Crippen LogP contribution in [0.15, 0.2) is 0 Å². The summed E-state index contributed by atoms with van der Waals surface area (Å²) in [6, 6.07) is 0. The summed E-state index contributed by atoms with van der Waals surface area (Å²) >= 11 is 0. The van der Waals surface area contributed by atoms with Crippen LogP contribution < -0.4 is 5.73 Å². The fraction of sp³-hybridized carbons (Fsp3) is 1.00. The van der Waals surface area contributed by atoms with Gasteiger partial charge in [-0.1, -0.05) is 53.4 Å². The first kappa shape index (κ1) is 14.0. The fourth-order valence-electron chi connectivity index (χ4n) is 1.88. The van der Waals surface area contributed by atoms with Crippen molar-refractivity contribution in [2.45, 2.75) is 59.8 Å². The standard InChI is InChI=1S/C13H29N/c1-11(2)13(4)12(3)9-7-5-6-8-10-14/h11-13H,5-10,14H2,1-4H3. The van der Waals surface area contributed by atoms with Crippen LogP contribution in [0.5, 0.6) is 0 Å². The molecule has 0 aliphatic heterocycles. The lowest BCUT2D eigenvalue weighted by molar-refractivity contribution is 0.275. The maximum atomic E-state index is 5.46. The number of rotatable bonds is 8. The highest BCUT2D eigenvalue weighted by Crippen LogP contribution is 2.24. The summed E-state index contributed by atoms with van der Waals surface area (Å²) in [5.41, 5.74) is 5.46. The Morgan fingerprint density at radius 2 is 1.43 bits per heavy atom. The van der Waals surface area contributed by atoms with E-state index in [4.69, 9.17) is 5.73 Å². The summed E-state index contributed by atoms with van der Waals surface area (Å²) in [5.74, 6) is 2.58. The molecule has 0 radical (unpaired) electrons. The van der Waals surface area contributed by atoms with E-state index in [-0.39, 0.29) is 0 Å². The quantitative estimate of drug-likeness (QED) is 0.591. The van der Waals surface area contributed by atoms with E-state index in [9.17, 15) is 0 Å². The number of hydrogen-bond acceptors (Lipinski definition) is 1. The highest BCUT2D eigenvalue weighted by molar-refractivity contribution is 4.65. The third kappa shape index (κ3) is 6.42. The molecule has 86 valence electrons. The van der Waals surface area contributed by atoms with Crippen LogP contribution in [-0.4, -0.2) is 6.54 Å². The van der Waals surface area contributed by atoms with Gasteiger partial charge in [-0.3, -0.25) is 0 Å². The number of unbranched alkanes of at least 4 members (excludes halogenated alkanes) is 3. The van der Waals surface area contributed by atoms with Crippen molar-refractivity contribution in [3.05, 3.63) is 0 Å². The van der Waals surface area contributed by atoms with Crippen LogP contribution in [0.1, 0.15) is 59.8 Å². The first-order chi connectivity index (χ1) is 6.59. The van der Waals surface area contributed by atoms with Gasteiger partial charge in [0.15, 0.2) is 0 Å². The molecule has 2 unspecified atom stereocenters. The van der Waals surface area contributed by atoms with Crippen molar-refractivity contribution in [2.24, 2.45) is 23.5 Å². The minimum absolute atomic E-state index is 0.828. The maximum absolute atomic E-state index is 5.46. The van der Waals surface area contributed by atoms with E-state index in [1.54, 1.807) is 0 Å². The minimum atomic E-state index is 0.828. The zero-order chi connectivity index (χ0) is 11.0. The second-order valence-corrected chi connectivity index (χ2v) is 5.07. The van der Waals surface area contributed by atoms with Gasteiger partial charge >= 0.3 is 0 Å². The lowest BCUT2D eigenvalue weighted by Crippen LogP contribution is -2.14. The van der Waals surface area contributed by atoms with Gasteiger partial charge in [-0.2, -0.15) is 0 Å². The molecule has 2 N–H and O–H groups in total. The van der Waals surface area contributed by atoms with Crippen molar-refractivity contribution < 1.29 is 0 Å². The summed E-state index contributed by atoms with van der Waals surface area (Å²) in [6.07, 6.45) is 6.67. The fourth-order valence-corrected chi connectivity index (χ4v) is 1.88. The summed E-state index contributed by atoms with van der Waals surface area (Å²) in [7, 11) is 0. The van der Waals surface area contributed by atoms with Gasteiger partial charge in [-0.15, -0.1) is 0 Å². The third-order valence-electron chi connectivity index (χ3n) is 3.56. The molecule has 0 spiro atoms. The van der Waals surface area contributed by atoms with Crippen molar-refractivity contribution in [3.8, 4) is 0 Å². The molecule has 0 saturated carbocycles. The van der Waals surface area contributed by atoms with Gasteiger partial charge in [0.1, 0.15) is 0 Å². The van der Waals surface area contributed by atoms with Crippen molar-refractivity contribution in [1.82, 2.24) is 0 Å². The molecular formula is C13H29N. The van der Waals surface area contributed by atoms with Crippen LogP contribution in [0.2, 0.25) is 0 Å². The molecule has 0 rings (SSSR count). The van der Waals surface area contributed by atoms with Crippen LogP contribution in [0.3, 0.4) is 0 Å². The molecule has 1 nitrogen and oxygen atoms in total. The molecule has 0 heterocycles. The van der Waals surface area contributed by atoms with E-state index in [2.05, 4.69) is 27.7 Å². The summed E-state index contributed by atoms with van der Waals surface area (Å²) in [4.78, 5) is 0. The first-order valence-electron chi connectivity index (χ1n) is 6.29. The van der Waals surface area contributed by atoms with E-state index in [1.165, 1.54) is 32.1 Å². The van der Waals surface area contributed by atoms with Gasteiger partial charge in [0, 0.05) is 0 Å². The average molecular weight is 199 g/mol. The number of hydrogen-bond donors (Lipinski definition) is 1. The van der Waals surface area contributed by atoms with E-state index in [0.29, 0.717) is 0 Å². The molecule has 0 amide bonds. The molecule has 0 aromatic carbocycles. The lowest BCUT2D eigenvalue weighted by atomic mass is 9.83.